The molecular weight excluding hydrogens is 445 g/mol. The number of nitrogens with zero attached hydrogens (tertiary/aromatic N) is 4. The SMILES string of the molecule is Cc1nn(Cc2ccc(F)cc2)c(C)c1NC(=S)N1CCN(Cc2ccc(Cl)cc2)CC1. The summed E-state index contributed by atoms with van der Waals surface area (Å²) >= 11 is 11.7. The Morgan fingerprint density at radius 3 is 2.22 bits per heavy atom. The number of benzene rings is 2. The predicted octanol–water partition coefficient (Wildman–Crippen LogP) is 4.86. The summed E-state index contributed by atoms with van der Waals surface area (Å²) in [5, 5.41) is 9.56. The van der Waals surface area contributed by atoms with Crippen LogP contribution < -0.4 is 5.32 Å². The fourth-order valence-electron chi connectivity index (χ4n) is 3.94. The van der Waals surface area contributed by atoms with Gasteiger partial charge in [0.25, 0.3) is 0 Å². The molecule has 0 atom stereocenters. The summed E-state index contributed by atoms with van der Waals surface area (Å²) in [5.74, 6) is -0.233. The van der Waals surface area contributed by atoms with Crippen molar-refractivity contribution in [1.82, 2.24) is 19.6 Å². The van der Waals surface area contributed by atoms with Gasteiger partial charge in [0.1, 0.15) is 5.82 Å². The number of anilines is 1. The molecule has 168 valence electrons. The second-order valence-electron chi connectivity index (χ2n) is 8.15. The molecule has 0 amide bonds. The first kappa shape index (κ1) is 22.7. The molecular formula is C24H27ClFN5S. The van der Waals surface area contributed by atoms with E-state index in [9.17, 15) is 4.39 Å². The summed E-state index contributed by atoms with van der Waals surface area (Å²) in [4.78, 5) is 4.64. The summed E-state index contributed by atoms with van der Waals surface area (Å²) in [6, 6.07) is 14.6. The van der Waals surface area contributed by atoms with Gasteiger partial charge in [-0.05, 0) is 61.5 Å². The van der Waals surface area contributed by atoms with Gasteiger partial charge in [-0.1, -0.05) is 35.9 Å². The fraction of sp³-hybridized carbons (Fsp3) is 0.333. The van der Waals surface area contributed by atoms with Crippen molar-refractivity contribution in [2.45, 2.75) is 26.9 Å². The molecule has 1 aliphatic heterocycles. The van der Waals surface area contributed by atoms with Crippen LogP contribution in [0, 0.1) is 19.7 Å². The third-order valence-electron chi connectivity index (χ3n) is 5.84. The zero-order valence-corrected chi connectivity index (χ0v) is 19.9. The van der Waals surface area contributed by atoms with Crippen LogP contribution in [0.2, 0.25) is 5.02 Å². The molecule has 0 saturated carbocycles. The third-order valence-corrected chi connectivity index (χ3v) is 6.45. The molecule has 0 unspecified atom stereocenters. The lowest BCUT2D eigenvalue weighted by molar-refractivity contribution is 0.177. The van der Waals surface area contributed by atoms with Gasteiger partial charge in [0, 0.05) is 37.7 Å². The summed E-state index contributed by atoms with van der Waals surface area (Å²) in [6.45, 7) is 9.16. The number of rotatable bonds is 5. The lowest BCUT2D eigenvalue weighted by Crippen LogP contribution is -2.49. The Hall–Kier alpha value is -2.48. The Morgan fingerprint density at radius 2 is 1.56 bits per heavy atom. The van der Waals surface area contributed by atoms with Gasteiger partial charge in [0.15, 0.2) is 5.11 Å². The van der Waals surface area contributed by atoms with Gasteiger partial charge in [-0.25, -0.2) is 4.39 Å². The minimum Gasteiger partial charge on any atom is -0.346 e. The minimum absolute atomic E-state index is 0.233. The second-order valence-corrected chi connectivity index (χ2v) is 8.97. The van der Waals surface area contributed by atoms with Crippen molar-refractivity contribution in [1.29, 1.82) is 0 Å². The van der Waals surface area contributed by atoms with Crippen molar-refractivity contribution in [3.05, 3.63) is 81.9 Å². The van der Waals surface area contributed by atoms with E-state index in [1.165, 1.54) is 17.7 Å². The normalized spacial score (nSPS) is 14.6. The molecule has 2 aromatic carbocycles. The first-order valence-corrected chi connectivity index (χ1v) is 11.5. The van der Waals surface area contributed by atoms with Crippen molar-refractivity contribution in [2.75, 3.05) is 31.5 Å². The maximum Gasteiger partial charge on any atom is 0.173 e. The highest BCUT2D eigenvalue weighted by Gasteiger charge is 2.21. The van der Waals surface area contributed by atoms with Crippen molar-refractivity contribution >= 4 is 34.6 Å². The number of piperazine rings is 1. The largest absolute Gasteiger partial charge is 0.346 e. The molecule has 0 spiro atoms. The number of hydrogen-bond donors (Lipinski definition) is 1. The highest BCUT2D eigenvalue weighted by molar-refractivity contribution is 7.80. The maximum absolute atomic E-state index is 13.2. The number of halogens is 2. The summed E-state index contributed by atoms with van der Waals surface area (Å²) in [6.07, 6.45) is 0. The predicted molar refractivity (Wildman–Crippen MR) is 132 cm³/mol. The van der Waals surface area contributed by atoms with Crippen molar-refractivity contribution in [2.24, 2.45) is 0 Å². The zero-order valence-electron chi connectivity index (χ0n) is 18.3. The fourth-order valence-corrected chi connectivity index (χ4v) is 4.35. The molecule has 0 radical (unpaired) electrons. The van der Waals surface area contributed by atoms with E-state index in [2.05, 4.69) is 32.3 Å². The van der Waals surface area contributed by atoms with Gasteiger partial charge in [0.2, 0.25) is 0 Å². The van der Waals surface area contributed by atoms with Crippen molar-refractivity contribution in [3.63, 3.8) is 0 Å². The average molecular weight is 472 g/mol. The zero-order chi connectivity index (χ0) is 22.7. The van der Waals surface area contributed by atoms with Crippen LogP contribution in [-0.4, -0.2) is 50.9 Å². The van der Waals surface area contributed by atoms with Gasteiger partial charge >= 0.3 is 0 Å². The van der Waals surface area contributed by atoms with E-state index in [0.29, 0.717) is 6.54 Å². The molecule has 32 heavy (non-hydrogen) atoms. The van der Waals surface area contributed by atoms with Crippen LogP contribution in [0.3, 0.4) is 0 Å². The Balaban J connectivity index is 1.33. The van der Waals surface area contributed by atoms with Crippen LogP contribution in [-0.2, 0) is 13.1 Å². The van der Waals surface area contributed by atoms with E-state index in [0.717, 1.165) is 65.5 Å². The quantitative estimate of drug-likeness (QED) is 0.538. The van der Waals surface area contributed by atoms with E-state index in [1.807, 2.05) is 30.7 Å². The van der Waals surface area contributed by atoms with E-state index < -0.39 is 0 Å². The maximum atomic E-state index is 13.2. The number of aromatic nitrogens is 2. The molecule has 1 aliphatic rings. The summed E-state index contributed by atoms with van der Waals surface area (Å²) < 4.78 is 15.1. The minimum atomic E-state index is -0.233. The monoisotopic (exact) mass is 471 g/mol. The molecule has 1 fully saturated rings. The summed E-state index contributed by atoms with van der Waals surface area (Å²) in [5.41, 5.74) is 5.12. The average Bonchev–Trinajstić information content (AvgIpc) is 3.04. The Labute approximate surface area is 198 Å². The highest BCUT2D eigenvalue weighted by atomic mass is 35.5. The van der Waals surface area contributed by atoms with E-state index in [4.69, 9.17) is 23.8 Å². The molecule has 4 rings (SSSR count). The topological polar surface area (TPSA) is 36.3 Å². The first-order valence-electron chi connectivity index (χ1n) is 10.7. The first-order chi connectivity index (χ1) is 15.4. The van der Waals surface area contributed by atoms with Crippen LogP contribution in [0.15, 0.2) is 48.5 Å². The standard InChI is InChI=1S/C24H27ClFN5S/c1-17-23(18(2)31(28-17)16-20-5-9-22(26)10-6-20)27-24(32)30-13-11-29(12-14-30)15-19-3-7-21(25)8-4-19/h3-10H,11-16H2,1-2H3,(H,27,32). The van der Waals surface area contributed by atoms with Gasteiger partial charge in [-0.2, -0.15) is 5.10 Å². The molecule has 2 heterocycles. The van der Waals surface area contributed by atoms with Crippen LogP contribution in [0.5, 0.6) is 0 Å². The smallest absolute Gasteiger partial charge is 0.173 e. The Bertz CT molecular complexity index is 1070. The van der Waals surface area contributed by atoms with Crippen LogP contribution in [0.25, 0.3) is 0 Å². The van der Waals surface area contributed by atoms with Crippen molar-refractivity contribution < 1.29 is 4.39 Å². The molecule has 8 heteroatoms. The van der Waals surface area contributed by atoms with Crippen LogP contribution in [0.4, 0.5) is 10.1 Å². The second kappa shape index (κ2) is 9.98. The molecule has 0 bridgehead atoms. The van der Waals surface area contributed by atoms with Gasteiger partial charge in [-0.15, -0.1) is 0 Å². The Kier molecular flexibility index (Phi) is 7.08. The number of aryl methyl sites for hydroxylation is 1. The van der Waals surface area contributed by atoms with E-state index >= 15 is 0 Å². The summed E-state index contributed by atoms with van der Waals surface area (Å²) in [7, 11) is 0. The van der Waals surface area contributed by atoms with Gasteiger partial charge in [-0.3, -0.25) is 9.58 Å². The van der Waals surface area contributed by atoms with Gasteiger partial charge < -0.3 is 10.2 Å². The molecule has 1 N–H and O–H groups in total. The van der Waals surface area contributed by atoms with Gasteiger partial charge in [0.05, 0.1) is 23.6 Å². The Morgan fingerprint density at radius 1 is 0.969 bits per heavy atom. The van der Waals surface area contributed by atoms with Crippen LogP contribution in [0.1, 0.15) is 22.5 Å². The number of hydrogen-bond acceptors (Lipinski definition) is 3. The van der Waals surface area contributed by atoms with E-state index in [-0.39, 0.29) is 5.82 Å². The lowest BCUT2D eigenvalue weighted by atomic mass is 10.2. The molecule has 1 aromatic heterocycles. The van der Waals surface area contributed by atoms with Crippen molar-refractivity contribution in [3.8, 4) is 0 Å². The molecule has 0 aliphatic carbocycles. The molecule has 1 saturated heterocycles. The van der Waals surface area contributed by atoms with E-state index in [1.54, 1.807) is 12.1 Å². The highest BCUT2D eigenvalue weighted by Crippen LogP contribution is 2.22. The lowest BCUT2D eigenvalue weighted by Gasteiger charge is -2.36. The third kappa shape index (κ3) is 5.46. The molecule has 5 nitrogen and oxygen atoms in total. The number of nitrogens with one attached hydrogen (secondary N) is 1. The number of thiocarbonyl (C=S) groups is 1. The molecule has 3 aromatic rings. The van der Waals surface area contributed by atoms with Crippen LogP contribution >= 0.6 is 23.8 Å².